The van der Waals surface area contributed by atoms with Crippen LogP contribution in [0.4, 0.5) is 0 Å². The molecular weight excluding hydrogens is 254 g/mol. The Kier molecular flexibility index (Phi) is 4.65. The number of hydrogen-bond acceptors (Lipinski definition) is 4. The van der Waals surface area contributed by atoms with Crippen molar-refractivity contribution in [1.29, 1.82) is 0 Å². The van der Waals surface area contributed by atoms with Crippen molar-refractivity contribution >= 4 is 5.91 Å². The summed E-state index contributed by atoms with van der Waals surface area (Å²) in [5.74, 6) is 0.625. The fraction of sp³-hybridized carbons (Fsp3) is 0.267. The van der Waals surface area contributed by atoms with Gasteiger partial charge in [0.15, 0.2) is 0 Å². The van der Waals surface area contributed by atoms with Gasteiger partial charge >= 0.3 is 0 Å². The van der Waals surface area contributed by atoms with E-state index in [9.17, 15) is 4.79 Å². The first-order valence-corrected chi connectivity index (χ1v) is 6.47. The van der Waals surface area contributed by atoms with Crippen LogP contribution in [0.15, 0.2) is 36.7 Å². The van der Waals surface area contributed by atoms with E-state index in [-0.39, 0.29) is 5.91 Å². The van der Waals surface area contributed by atoms with Crippen LogP contribution in [-0.2, 0) is 6.54 Å². The van der Waals surface area contributed by atoms with Gasteiger partial charge in [-0.05, 0) is 44.2 Å². The number of aryl methyl sites for hydroxylation is 1. The molecule has 5 heteroatoms. The number of aromatic nitrogens is 2. The molecule has 20 heavy (non-hydrogen) atoms. The second kappa shape index (κ2) is 6.65. The van der Waals surface area contributed by atoms with Crippen molar-refractivity contribution in [3.63, 3.8) is 0 Å². The highest BCUT2D eigenvalue weighted by molar-refractivity contribution is 5.94. The Morgan fingerprint density at radius 3 is 2.65 bits per heavy atom. The summed E-state index contributed by atoms with van der Waals surface area (Å²) >= 11 is 0. The lowest BCUT2D eigenvalue weighted by Crippen LogP contribution is -2.23. The van der Waals surface area contributed by atoms with Gasteiger partial charge in [0, 0.05) is 11.3 Å². The Morgan fingerprint density at radius 2 is 2.00 bits per heavy atom. The Hall–Kier alpha value is -2.43. The minimum atomic E-state index is -0.135. The van der Waals surface area contributed by atoms with Gasteiger partial charge in [0.1, 0.15) is 12.1 Å². The average molecular weight is 271 g/mol. The van der Waals surface area contributed by atoms with Crippen molar-refractivity contribution in [3.05, 3.63) is 53.6 Å². The van der Waals surface area contributed by atoms with Gasteiger partial charge in [-0.2, -0.15) is 0 Å². The van der Waals surface area contributed by atoms with Crippen LogP contribution in [0.2, 0.25) is 0 Å². The van der Waals surface area contributed by atoms with Gasteiger partial charge in [0.25, 0.3) is 5.91 Å². The minimum absolute atomic E-state index is 0.135. The molecule has 0 aliphatic heterocycles. The molecule has 0 saturated carbocycles. The lowest BCUT2D eigenvalue weighted by molar-refractivity contribution is 0.0950. The van der Waals surface area contributed by atoms with Crippen LogP contribution in [-0.4, -0.2) is 22.5 Å². The smallest absolute Gasteiger partial charge is 0.251 e. The molecule has 0 fully saturated rings. The van der Waals surface area contributed by atoms with Gasteiger partial charge < -0.3 is 10.1 Å². The maximum absolute atomic E-state index is 12.0. The van der Waals surface area contributed by atoms with Gasteiger partial charge in [-0.15, -0.1) is 0 Å². The van der Waals surface area contributed by atoms with Crippen LogP contribution in [0, 0.1) is 6.92 Å². The first kappa shape index (κ1) is 14.0. The third-order valence-corrected chi connectivity index (χ3v) is 2.72. The summed E-state index contributed by atoms with van der Waals surface area (Å²) in [5.41, 5.74) is 2.27. The third-order valence-electron chi connectivity index (χ3n) is 2.72. The number of nitrogens with one attached hydrogen (secondary N) is 1. The second-order valence-corrected chi connectivity index (χ2v) is 4.29. The van der Waals surface area contributed by atoms with E-state index >= 15 is 0 Å². The standard InChI is InChI=1S/C15H17N3O2/c1-3-20-14-6-4-12(5-7-14)15(19)16-9-13-8-11(2)17-10-18-13/h4-8,10H,3,9H2,1-2H3,(H,16,19). The quantitative estimate of drug-likeness (QED) is 0.904. The molecule has 1 amide bonds. The summed E-state index contributed by atoms with van der Waals surface area (Å²) in [6, 6.07) is 8.90. The molecule has 0 saturated heterocycles. The maximum Gasteiger partial charge on any atom is 0.251 e. The van der Waals surface area contributed by atoms with Crippen LogP contribution < -0.4 is 10.1 Å². The number of ether oxygens (including phenoxy) is 1. The molecule has 1 heterocycles. The van der Waals surface area contributed by atoms with E-state index in [1.807, 2.05) is 19.9 Å². The van der Waals surface area contributed by atoms with Crippen LogP contribution in [0.1, 0.15) is 28.7 Å². The van der Waals surface area contributed by atoms with Crippen molar-refractivity contribution in [1.82, 2.24) is 15.3 Å². The van der Waals surface area contributed by atoms with E-state index in [4.69, 9.17) is 4.74 Å². The van der Waals surface area contributed by atoms with E-state index in [1.54, 1.807) is 24.3 Å². The zero-order chi connectivity index (χ0) is 14.4. The molecule has 2 aromatic rings. The molecule has 2 rings (SSSR count). The first-order chi connectivity index (χ1) is 9.69. The fourth-order valence-electron chi connectivity index (χ4n) is 1.75. The molecule has 0 aliphatic carbocycles. The van der Waals surface area contributed by atoms with Crippen molar-refractivity contribution in [2.24, 2.45) is 0 Å². The highest BCUT2D eigenvalue weighted by Crippen LogP contribution is 2.12. The highest BCUT2D eigenvalue weighted by atomic mass is 16.5. The van der Waals surface area contributed by atoms with Crippen LogP contribution in [0.5, 0.6) is 5.75 Å². The lowest BCUT2D eigenvalue weighted by atomic mass is 10.2. The molecule has 0 atom stereocenters. The van der Waals surface area contributed by atoms with Gasteiger partial charge in [-0.1, -0.05) is 0 Å². The predicted octanol–water partition coefficient (Wildman–Crippen LogP) is 2.11. The Morgan fingerprint density at radius 1 is 1.25 bits per heavy atom. The van der Waals surface area contributed by atoms with Crippen LogP contribution in [0.25, 0.3) is 0 Å². The topological polar surface area (TPSA) is 64.1 Å². The highest BCUT2D eigenvalue weighted by Gasteiger charge is 2.06. The zero-order valence-corrected chi connectivity index (χ0v) is 11.6. The lowest BCUT2D eigenvalue weighted by Gasteiger charge is -2.06. The van der Waals surface area contributed by atoms with Crippen molar-refractivity contribution in [2.75, 3.05) is 6.61 Å². The monoisotopic (exact) mass is 271 g/mol. The summed E-state index contributed by atoms with van der Waals surface area (Å²) < 4.78 is 5.33. The van der Waals surface area contributed by atoms with Crippen molar-refractivity contribution < 1.29 is 9.53 Å². The van der Waals surface area contributed by atoms with Crippen molar-refractivity contribution in [2.45, 2.75) is 20.4 Å². The number of benzene rings is 1. The number of carbonyl (C=O) groups is 1. The molecule has 0 spiro atoms. The van der Waals surface area contributed by atoms with E-state index in [2.05, 4.69) is 15.3 Å². The van der Waals surface area contributed by atoms with Gasteiger partial charge in [-0.3, -0.25) is 4.79 Å². The molecule has 1 aromatic heterocycles. The number of amides is 1. The molecule has 0 bridgehead atoms. The Balaban J connectivity index is 1.94. The SMILES string of the molecule is CCOc1ccc(C(=O)NCc2cc(C)ncn2)cc1. The average Bonchev–Trinajstić information content (AvgIpc) is 2.46. The van der Waals surface area contributed by atoms with Crippen molar-refractivity contribution in [3.8, 4) is 5.75 Å². The zero-order valence-electron chi connectivity index (χ0n) is 11.6. The van der Waals surface area contributed by atoms with Crippen LogP contribution >= 0.6 is 0 Å². The summed E-state index contributed by atoms with van der Waals surface area (Å²) in [5, 5.41) is 2.82. The molecule has 1 aromatic carbocycles. The predicted molar refractivity (Wildman–Crippen MR) is 75.6 cm³/mol. The molecule has 1 N–H and O–H groups in total. The van der Waals surface area contributed by atoms with E-state index < -0.39 is 0 Å². The first-order valence-electron chi connectivity index (χ1n) is 6.47. The number of nitrogens with zero attached hydrogens (tertiary/aromatic N) is 2. The van der Waals surface area contributed by atoms with E-state index in [1.165, 1.54) is 6.33 Å². The molecule has 0 radical (unpaired) electrons. The number of rotatable bonds is 5. The Bertz CT molecular complexity index is 582. The van der Waals surface area contributed by atoms with E-state index in [0.29, 0.717) is 18.7 Å². The summed E-state index contributed by atoms with van der Waals surface area (Å²) in [6.07, 6.45) is 1.49. The Labute approximate surface area is 118 Å². The van der Waals surface area contributed by atoms with E-state index in [0.717, 1.165) is 17.1 Å². The molecule has 0 unspecified atom stereocenters. The molecule has 5 nitrogen and oxygen atoms in total. The second-order valence-electron chi connectivity index (χ2n) is 4.29. The number of hydrogen-bond donors (Lipinski definition) is 1. The minimum Gasteiger partial charge on any atom is -0.494 e. The summed E-state index contributed by atoms with van der Waals surface area (Å²) in [6.45, 7) is 4.80. The number of carbonyl (C=O) groups excluding carboxylic acids is 1. The molecular formula is C15H17N3O2. The third kappa shape index (κ3) is 3.78. The summed E-state index contributed by atoms with van der Waals surface area (Å²) in [7, 11) is 0. The van der Waals surface area contributed by atoms with Crippen LogP contribution in [0.3, 0.4) is 0 Å². The fourth-order valence-corrected chi connectivity index (χ4v) is 1.75. The molecule has 0 aliphatic rings. The van der Waals surface area contributed by atoms with Gasteiger partial charge in [0.2, 0.25) is 0 Å². The maximum atomic E-state index is 12.0. The summed E-state index contributed by atoms with van der Waals surface area (Å²) in [4.78, 5) is 20.1. The molecule has 104 valence electrons. The normalized spacial score (nSPS) is 10.1. The van der Waals surface area contributed by atoms with Gasteiger partial charge in [-0.25, -0.2) is 9.97 Å². The van der Waals surface area contributed by atoms with Gasteiger partial charge in [0.05, 0.1) is 18.8 Å². The largest absolute Gasteiger partial charge is 0.494 e.